The Morgan fingerprint density at radius 1 is 0.682 bits per heavy atom. The maximum Gasteiger partial charge on any atom is 0.0880 e. The second kappa shape index (κ2) is 11.7. The molecule has 0 amide bonds. The van der Waals surface area contributed by atoms with Crippen molar-refractivity contribution in [3.05, 3.63) is 33.4 Å². The molecule has 0 aromatic heterocycles. The Morgan fingerprint density at radius 2 is 0.955 bits per heavy atom. The summed E-state index contributed by atoms with van der Waals surface area (Å²) < 4.78 is 5.93. The predicted octanol–water partition coefficient (Wildman–Crippen LogP) is 7.43. The first-order valence-electron chi connectivity index (χ1n) is 7.45. The second-order valence-corrected chi connectivity index (χ2v) is 5.44. The van der Waals surface area contributed by atoms with Crippen LogP contribution in [-0.2, 0) is 10.3 Å². The highest BCUT2D eigenvalue weighted by atomic mass is 16.5. The van der Waals surface area contributed by atoms with Crippen LogP contribution in [0.2, 0.25) is 0 Å². The summed E-state index contributed by atoms with van der Waals surface area (Å²) in [7, 11) is 0. The Bertz CT molecular complexity index is 399. The largest absolute Gasteiger partial charge is 0.371 e. The lowest BCUT2D eigenvalue weighted by Crippen LogP contribution is -2.25. The third kappa shape index (κ3) is 5.76. The quantitative estimate of drug-likeness (QED) is 0.563. The molecule has 0 fully saturated rings. The van der Waals surface area contributed by atoms with Crippen LogP contribution in [0, 0.1) is 34.6 Å². The molecule has 0 radical (unpaired) electrons. The maximum atomic E-state index is 5.93. The van der Waals surface area contributed by atoms with E-state index in [4.69, 9.17) is 4.74 Å². The topological polar surface area (TPSA) is 9.23 Å². The van der Waals surface area contributed by atoms with Crippen molar-refractivity contribution in [2.75, 3.05) is 6.61 Å². The Labute approximate surface area is 142 Å². The molecule has 22 heavy (non-hydrogen) atoms. The van der Waals surface area contributed by atoms with E-state index in [0.29, 0.717) is 0 Å². The summed E-state index contributed by atoms with van der Waals surface area (Å²) in [6.45, 7) is 22.2. The molecule has 1 rings (SSSR count). The zero-order valence-corrected chi connectivity index (χ0v) is 14.6. The van der Waals surface area contributed by atoms with Crippen LogP contribution in [0.25, 0.3) is 0 Å². The summed E-state index contributed by atoms with van der Waals surface area (Å²) >= 11 is 0. The molecule has 1 aromatic carbocycles. The Kier molecular flexibility index (Phi) is 15.6. The van der Waals surface area contributed by atoms with Crippen molar-refractivity contribution >= 4 is 0 Å². The minimum atomic E-state index is -0.202. The summed E-state index contributed by atoms with van der Waals surface area (Å²) in [5.74, 6) is 0. The van der Waals surface area contributed by atoms with Gasteiger partial charge in [0.05, 0.1) is 5.60 Å². The highest BCUT2D eigenvalue weighted by Crippen LogP contribution is 2.35. The van der Waals surface area contributed by atoms with Gasteiger partial charge in [-0.3, -0.25) is 0 Å². The molecular formula is C21H44O. The van der Waals surface area contributed by atoms with Crippen molar-refractivity contribution in [1.29, 1.82) is 0 Å². The minimum Gasteiger partial charge on any atom is -0.371 e. The standard InChI is InChI=1S/C16H26O.C2H6.3CH4/c1-9-17-16(7,8)15-13(5)11(3)10(2)12(4)14(15)6;1-2;;;/h9H2,1-8H3;1-2H3;3*1H4. The van der Waals surface area contributed by atoms with E-state index in [0.717, 1.165) is 6.61 Å². The van der Waals surface area contributed by atoms with E-state index in [-0.39, 0.29) is 27.9 Å². The van der Waals surface area contributed by atoms with Crippen molar-refractivity contribution in [3.63, 3.8) is 0 Å². The zero-order chi connectivity index (χ0) is 15.4. The lowest BCUT2D eigenvalue weighted by molar-refractivity contribution is -0.0150. The molecule has 0 aliphatic carbocycles. The van der Waals surface area contributed by atoms with Gasteiger partial charge in [-0.25, -0.2) is 0 Å². The van der Waals surface area contributed by atoms with Gasteiger partial charge in [0.25, 0.3) is 0 Å². The van der Waals surface area contributed by atoms with Gasteiger partial charge < -0.3 is 4.74 Å². The fourth-order valence-corrected chi connectivity index (χ4v) is 2.84. The first-order valence-corrected chi connectivity index (χ1v) is 7.45. The minimum absolute atomic E-state index is 0. The molecule has 0 saturated heterocycles. The van der Waals surface area contributed by atoms with Crippen LogP contribution >= 0.6 is 0 Å². The molecule has 0 aliphatic rings. The third-order valence-corrected chi connectivity index (χ3v) is 4.11. The number of hydrogen-bond acceptors (Lipinski definition) is 1. The third-order valence-electron chi connectivity index (χ3n) is 4.11. The first-order chi connectivity index (χ1) is 8.74. The van der Waals surface area contributed by atoms with Crippen LogP contribution in [0.1, 0.15) is 90.3 Å². The Morgan fingerprint density at radius 3 is 1.23 bits per heavy atom. The summed E-state index contributed by atoms with van der Waals surface area (Å²) in [5.41, 5.74) is 8.13. The van der Waals surface area contributed by atoms with Crippen molar-refractivity contribution in [1.82, 2.24) is 0 Å². The molecule has 0 unspecified atom stereocenters. The highest BCUT2D eigenvalue weighted by Gasteiger charge is 2.27. The molecule has 0 heterocycles. The van der Waals surface area contributed by atoms with Gasteiger partial charge in [-0.15, -0.1) is 0 Å². The van der Waals surface area contributed by atoms with Crippen molar-refractivity contribution < 1.29 is 4.74 Å². The lowest BCUT2D eigenvalue weighted by Gasteiger charge is -2.31. The van der Waals surface area contributed by atoms with Gasteiger partial charge in [0.2, 0.25) is 0 Å². The summed E-state index contributed by atoms with van der Waals surface area (Å²) in [5, 5.41) is 0. The Balaban J connectivity index is -0.000000310. The highest BCUT2D eigenvalue weighted by molar-refractivity contribution is 5.51. The molecular weight excluding hydrogens is 268 g/mol. The number of rotatable bonds is 3. The molecule has 1 nitrogen and oxygen atoms in total. The van der Waals surface area contributed by atoms with Gasteiger partial charge in [0.1, 0.15) is 0 Å². The van der Waals surface area contributed by atoms with Crippen molar-refractivity contribution in [2.45, 2.75) is 97.1 Å². The zero-order valence-electron chi connectivity index (χ0n) is 14.6. The van der Waals surface area contributed by atoms with Gasteiger partial charge in [0, 0.05) is 6.61 Å². The van der Waals surface area contributed by atoms with Crippen LogP contribution in [0.5, 0.6) is 0 Å². The van der Waals surface area contributed by atoms with Crippen molar-refractivity contribution in [3.8, 4) is 0 Å². The number of hydrogen-bond donors (Lipinski definition) is 0. The van der Waals surface area contributed by atoms with Gasteiger partial charge in [-0.05, 0) is 88.8 Å². The fraction of sp³-hybridized carbons (Fsp3) is 0.714. The van der Waals surface area contributed by atoms with Crippen LogP contribution in [0.4, 0.5) is 0 Å². The molecule has 0 bridgehead atoms. The van der Waals surface area contributed by atoms with E-state index in [1.165, 1.54) is 33.4 Å². The summed E-state index contributed by atoms with van der Waals surface area (Å²) in [6, 6.07) is 0. The SMILES string of the molecule is C.C.C.CC.CCOC(C)(C)c1c(C)c(C)c(C)c(C)c1C. The van der Waals surface area contributed by atoms with Gasteiger partial charge >= 0.3 is 0 Å². The van der Waals surface area contributed by atoms with Gasteiger partial charge in [0.15, 0.2) is 0 Å². The van der Waals surface area contributed by atoms with E-state index in [2.05, 4.69) is 55.4 Å². The van der Waals surface area contributed by atoms with E-state index in [1.54, 1.807) is 0 Å². The van der Waals surface area contributed by atoms with E-state index in [9.17, 15) is 0 Å². The first kappa shape index (κ1) is 29.2. The Hall–Kier alpha value is -0.820. The normalized spacial score (nSPS) is 9.55. The molecule has 0 spiro atoms. The molecule has 0 saturated carbocycles. The van der Waals surface area contributed by atoms with Gasteiger partial charge in [-0.2, -0.15) is 0 Å². The predicted molar refractivity (Wildman–Crippen MR) is 106 cm³/mol. The molecule has 1 aromatic rings. The molecule has 1 heteroatoms. The van der Waals surface area contributed by atoms with Crippen LogP contribution in [0.3, 0.4) is 0 Å². The lowest BCUT2D eigenvalue weighted by atomic mass is 9.82. The second-order valence-electron chi connectivity index (χ2n) is 5.44. The number of benzene rings is 1. The van der Waals surface area contributed by atoms with Crippen molar-refractivity contribution in [2.24, 2.45) is 0 Å². The van der Waals surface area contributed by atoms with E-state index in [1.807, 2.05) is 13.8 Å². The van der Waals surface area contributed by atoms with Crippen LogP contribution in [-0.4, -0.2) is 6.61 Å². The molecule has 0 N–H and O–H groups in total. The smallest absolute Gasteiger partial charge is 0.0880 e. The molecule has 134 valence electrons. The van der Waals surface area contributed by atoms with Gasteiger partial charge in [-0.1, -0.05) is 36.1 Å². The van der Waals surface area contributed by atoms with E-state index < -0.39 is 0 Å². The van der Waals surface area contributed by atoms with Crippen LogP contribution in [0.15, 0.2) is 0 Å². The fourth-order valence-electron chi connectivity index (χ4n) is 2.84. The maximum absolute atomic E-state index is 5.93. The number of ether oxygens (including phenoxy) is 1. The van der Waals surface area contributed by atoms with Crippen LogP contribution < -0.4 is 0 Å². The summed E-state index contributed by atoms with van der Waals surface area (Å²) in [6.07, 6.45) is 0. The van der Waals surface area contributed by atoms with E-state index >= 15 is 0 Å². The molecule has 0 aliphatic heterocycles. The molecule has 0 atom stereocenters. The average Bonchev–Trinajstić information content (AvgIpc) is 2.36. The summed E-state index contributed by atoms with van der Waals surface area (Å²) in [4.78, 5) is 0. The average molecular weight is 313 g/mol. The monoisotopic (exact) mass is 312 g/mol.